The highest BCUT2D eigenvalue weighted by molar-refractivity contribution is 5.34. The molecule has 1 fully saturated rings. The molecule has 1 nitrogen and oxygen atoms in total. The van der Waals surface area contributed by atoms with E-state index >= 15 is 0 Å². The van der Waals surface area contributed by atoms with Crippen molar-refractivity contribution in [2.45, 2.75) is 46.0 Å². The van der Waals surface area contributed by atoms with E-state index in [9.17, 15) is 0 Å². The van der Waals surface area contributed by atoms with Gasteiger partial charge in [0.25, 0.3) is 0 Å². The molecule has 1 aliphatic heterocycles. The summed E-state index contributed by atoms with van der Waals surface area (Å²) >= 11 is 0. The summed E-state index contributed by atoms with van der Waals surface area (Å²) in [6.45, 7) is 9.13. The van der Waals surface area contributed by atoms with Gasteiger partial charge in [-0.1, -0.05) is 37.1 Å². The zero-order valence-corrected chi connectivity index (χ0v) is 11.4. The summed E-state index contributed by atoms with van der Waals surface area (Å²) in [7, 11) is 0. The van der Waals surface area contributed by atoms with Crippen LogP contribution in [0.15, 0.2) is 18.2 Å². The first-order chi connectivity index (χ1) is 8.22. The quantitative estimate of drug-likeness (QED) is 0.834. The van der Waals surface area contributed by atoms with E-state index in [0.29, 0.717) is 0 Å². The van der Waals surface area contributed by atoms with Gasteiger partial charge in [0.15, 0.2) is 0 Å². The van der Waals surface area contributed by atoms with Gasteiger partial charge in [-0.15, -0.1) is 0 Å². The Labute approximate surface area is 106 Å². The van der Waals surface area contributed by atoms with Crippen molar-refractivity contribution in [2.75, 3.05) is 13.1 Å². The largest absolute Gasteiger partial charge is 0.316 e. The Balaban J connectivity index is 2.23. The zero-order valence-electron chi connectivity index (χ0n) is 11.4. The molecule has 0 amide bonds. The van der Waals surface area contributed by atoms with Crippen molar-refractivity contribution in [3.63, 3.8) is 0 Å². The minimum Gasteiger partial charge on any atom is -0.316 e. The molecule has 1 aliphatic rings. The molecule has 0 saturated carbocycles. The molecule has 1 heteroatoms. The molecule has 94 valence electrons. The maximum atomic E-state index is 3.55. The summed E-state index contributed by atoms with van der Waals surface area (Å²) in [4.78, 5) is 0. The highest BCUT2D eigenvalue weighted by Crippen LogP contribution is 2.34. The molecule has 1 aromatic rings. The molecule has 2 atom stereocenters. The molecule has 0 radical (unpaired) electrons. The van der Waals surface area contributed by atoms with Crippen LogP contribution in [0.1, 0.15) is 48.8 Å². The molecule has 17 heavy (non-hydrogen) atoms. The fraction of sp³-hybridized carbons (Fsp3) is 0.625. The van der Waals surface area contributed by atoms with Crippen LogP contribution >= 0.6 is 0 Å². The Morgan fingerprint density at radius 2 is 2.12 bits per heavy atom. The van der Waals surface area contributed by atoms with Crippen LogP contribution in [0.25, 0.3) is 0 Å². The SMILES string of the molecule is CCCC1CNCCC1c1ccc(C)cc1C. The number of aryl methyl sites for hydroxylation is 2. The van der Waals surface area contributed by atoms with Crippen molar-refractivity contribution >= 4 is 0 Å². The Bertz CT molecular complexity index is 368. The van der Waals surface area contributed by atoms with Gasteiger partial charge in [0.1, 0.15) is 0 Å². The fourth-order valence-corrected chi connectivity index (χ4v) is 3.25. The van der Waals surface area contributed by atoms with Gasteiger partial charge < -0.3 is 5.32 Å². The second kappa shape index (κ2) is 5.68. The lowest BCUT2D eigenvalue weighted by Crippen LogP contribution is -2.35. The molecule has 1 saturated heterocycles. The van der Waals surface area contributed by atoms with Gasteiger partial charge in [-0.25, -0.2) is 0 Å². The van der Waals surface area contributed by atoms with Crippen molar-refractivity contribution in [1.29, 1.82) is 0 Å². The van der Waals surface area contributed by atoms with Gasteiger partial charge in [-0.2, -0.15) is 0 Å². The van der Waals surface area contributed by atoms with Crippen molar-refractivity contribution in [2.24, 2.45) is 5.92 Å². The van der Waals surface area contributed by atoms with Crippen molar-refractivity contribution < 1.29 is 0 Å². The smallest absolute Gasteiger partial charge is 0.00147 e. The van der Waals surface area contributed by atoms with Crippen molar-refractivity contribution in [1.82, 2.24) is 5.32 Å². The number of hydrogen-bond donors (Lipinski definition) is 1. The Morgan fingerprint density at radius 3 is 2.82 bits per heavy atom. The van der Waals surface area contributed by atoms with Gasteiger partial charge in [0.05, 0.1) is 0 Å². The first-order valence-electron chi connectivity index (χ1n) is 7.00. The van der Waals surface area contributed by atoms with Crippen molar-refractivity contribution in [3.8, 4) is 0 Å². The normalized spacial score (nSPS) is 24.9. The maximum Gasteiger partial charge on any atom is -0.00147 e. The monoisotopic (exact) mass is 231 g/mol. The third-order valence-electron chi connectivity index (χ3n) is 4.09. The third-order valence-corrected chi connectivity index (χ3v) is 4.09. The minimum atomic E-state index is 0.775. The first-order valence-corrected chi connectivity index (χ1v) is 7.00. The summed E-state index contributed by atoms with van der Waals surface area (Å²) in [5, 5.41) is 3.55. The fourth-order valence-electron chi connectivity index (χ4n) is 3.25. The van der Waals surface area contributed by atoms with Crippen molar-refractivity contribution in [3.05, 3.63) is 34.9 Å². The van der Waals surface area contributed by atoms with E-state index in [1.807, 2.05) is 0 Å². The molecule has 0 aromatic heterocycles. The second-order valence-electron chi connectivity index (χ2n) is 5.51. The summed E-state index contributed by atoms with van der Waals surface area (Å²) < 4.78 is 0. The van der Waals surface area contributed by atoms with Crippen LogP contribution in [0.3, 0.4) is 0 Å². The predicted molar refractivity (Wildman–Crippen MR) is 74.5 cm³/mol. The van der Waals surface area contributed by atoms with Gasteiger partial charge in [0.2, 0.25) is 0 Å². The average molecular weight is 231 g/mol. The van der Waals surface area contributed by atoms with Crippen LogP contribution in [-0.4, -0.2) is 13.1 Å². The molecule has 2 rings (SSSR count). The molecule has 0 spiro atoms. The Hall–Kier alpha value is -0.820. The molecule has 0 bridgehead atoms. The highest BCUT2D eigenvalue weighted by atomic mass is 14.9. The van der Waals surface area contributed by atoms with Crippen LogP contribution in [0.5, 0.6) is 0 Å². The zero-order chi connectivity index (χ0) is 12.3. The number of piperidine rings is 1. The number of hydrogen-bond acceptors (Lipinski definition) is 1. The van der Waals surface area contributed by atoms with Crippen LogP contribution in [-0.2, 0) is 0 Å². The summed E-state index contributed by atoms with van der Waals surface area (Å²) in [6, 6.07) is 6.97. The van der Waals surface area contributed by atoms with E-state index in [-0.39, 0.29) is 0 Å². The molecule has 1 aromatic carbocycles. The lowest BCUT2D eigenvalue weighted by molar-refractivity contribution is 0.306. The molecule has 2 unspecified atom stereocenters. The van der Waals surface area contributed by atoms with Crippen LogP contribution in [0, 0.1) is 19.8 Å². The molecule has 0 aliphatic carbocycles. The van der Waals surface area contributed by atoms with E-state index in [1.165, 1.54) is 43.5 Å². The minimum absolute atomic E-state index is 0.775. The number of benzene rings is 1. The second-order valence-corrected chi connectivity index (χ2v) is 5.51. The Morgan fingerprint density at radius 1 is 1.29 bits per heavy atom. The van der Waals surface area contributed by atoms with Gasteiger partial charge in [0, 0.05) is 0 Å². The number of nitrogens with one attached hydrogen (secondary N) is 1. The van der Waals surface area contributed by atoms with Gasteiger partial charge in [-0.05, 0) is 62.7 Å². The van der Waals surface area contributed by atoms with Gasteiger partial charge >= 0.3 is 0 Å². The molecule has 1 N–H and O–H groups in total. The van der Waals surface area contributed by atoms with Crippen LogP contribution in [0.2, 0.25) is 0 Å². The summed E-state index contributed by atoms with van der Waals surface area (Å²) in [6.07, 6.45) is 3.95. The number of rotatable bonds is 3. The van der Waals surface area contributed by atoms with E-state index in [2.05, 4.69) is 44.3 Å². The maximum absolute atomic E-state index is 3.55. The standard InChI is InChI=1S/C16H25N/c1-4-5-14-11-17-9-8-16(14)15-7-6-12(2)10-13(15)3/h6-7,10,14,16-17H,4-5,8-9,11H2,1-3H3. The average Bonchev–Trinajstić information content (AvgIpc) is 2.31. The van der Waals surface area contributed by atoms with E-state index < -0.39 is 0 Å². The van der Waals surface area contributed by atoms with E-state index in [1.54, 1.807) is 5.56 Å². The molecular formula is C16H25N. The first kappa shape index (κ1) is 12.6. The molecular weight excluding hydrogens is 206 g/mol. The Kier molecular flexibility index (Phi) is 4.22. The van der Waals surface area contributed by atoms with E-state index in [4.69, 9.17) is 0 Å². The van der Waals surface area contributed by atoms with Gasteiger partial charge in [-0.3, -0.25) is 0 Å². The lowest BCUT2D eigenvalue weighted by Gasteiger charge is -2.33. The van der Waals surface area contributed by atoms with Crippen LogP contribution < -0.4 is 5.32 Å². The lowest BCUT2D eigenvalue weighted by atomic mass is 9.77. The molecule has 1 heterocycles. The third kappa shape index (κ3) is 2.90. The van der Waals surface area contributed by atoms with E-state index in [0.717, 1.165) is 11.8 Å². The topological polar surface area (TPSA) is 12.0 Å². The highest BCUT2D eigenvalue weighted by Gasteiger charge is 2.26. The van der Waals surface area contributed by atoms with Crippen LogP contribution in [0.4, 0.5) is 0 Å². The predicted octanol–water partition coefficient (Wildman–Crippen LogP) is 3.80. The summed E-state index contributed by atoms with van der Waals surface area (Å²) in [5.41, 5.74) is 4.46. The summed E-state index contributed by atoms with van der Waals surface area (Å²) in [5.74, 6) is 1.60.